The van der Waals surface area contributed by atoms with Gasteiger partial charge in [-0.15, -0.1) is 0 Å². The Labute approximate surface area is 65.4 Å². The van der Waals surface area contributed by atoms with Gasteiger partial charge in [0.05, 0.1) is 18.1 Å². The lowest BCUT2D eigenvalue weighted by Crippen LogP contribution is -2.30. The van der Waals surface area contributed by atoms with Gasteiger partial charge < -0.3 is 9.84 Å². The van der Waals surface area contributed by atoms with Gasteiger partial charge in [-0.3, -0.25) is 4.79 Å². The van der Waals surface area contributed by atoms with Crippen LogP contribution in [-0.2, 0) is 9.53 Å². The highest BCUT2D eigenvalue weighted by molar-refractivity contribution is 5.71. The minimum Gasteiger partial charge on any atom is -0.481 e. The van der Waals surface area contributed by atoms with Crippen LogP contribution in [0.25, 0.3) is 0 Å². The predicted octanol–water partition coefficient (Wildman–Crippen LogP) is 0.886. The Morgan fingerprint density at radius 1 is 1.64 bits per heavy atom. The average molecular weight is 156 g/mol. The van der Waals surface area contributed by atoms with Crippen LogP contribution in [0, 0.1) is 11.8 Å². The van der Waals surface area contributed by atoms with Gasteiger partial charge in [0.25, 0.3) is 0 Å². The molecule has 3 atom stereocenters. The molecule has 0 radical (unpaired) electrons. The summed E-state index contributed by atoms with van der Waals surface area (Å²) in [5, 5.41) is 8.79. The van der Waals surface area contributed by atoms with Crippen molar-refractivity contribution in [2.75, 3.05) is 6.61 Å². The molecule has 1 aliphatic heterocycles. The molecule has 1 saturated carbocycles. The van der Waals surface area contributed by atoms with E-state index in [9.17, 15) is 4.79 Å². The zero-order valence-electron chi connectivity index (χ0n) is 6.54. The minimum atomic E-state index is -0.651. The van der Waals surface area contributed by atoms with Crippen LogP contribution in [0.3, 0.4) is 0 Å². The Kier molecular flexibility index (Phi) is 1.27. The molecule has 2 fully saturated rings. The highest BCUT2D eigenvalue weighted by Gasteiger charge is 2.51. The van der Waals surface area contributed by atoms with Crippen molar-refractivity contribution < 1.29 is 14.6 Å². The maximum atomic E-state index is 10.7. The van der Waals surface area contributed by atoms with E-state index in [4.69, 9.17) is 9.84 Å². The molecule has 2 bridgehead atoms. The summed E-state index contributed by atoms with van der Waals surface area (Å²) in [6.45, 7) is 2.66. The number of aliphatic carboxylic acids is 1. The summed E-state index contributed by atoms with van der Waals surface area (Å²) in [5.41, 5.74) is -0.117. The van der Waals surface area contributed by atoms with Crippen LogP contribution < -0.4 is 0 Å². The van der Waals surface area contributed by atoms with Gasteiger partial charge in [-0.2, -0.15) is 0 Å². The number of fused-ring (bicyclic) bond motifs is 2. The van der Waals surface area contributed by atoms with Crippen molar-refractivity contribution in [2.45, 2.75) is 25.4 Å². The Bertz CT molecular complexity index is 202. The number of carboxylic acid groups (broad SMARTS) is 1. The summed E-state index contributed by atoms with van der Waals surface area (Å²) < 4.78 is 5.46. The molecule has 2 rings (SSSR count). The fourth-order valence-corrected chi connectivity index (χ4v) is 2.30. The van der Waals surface area contributed by atoms with Crippen LogP contribution in [0.5, 0.6) is 0 Å². The van der Waals surface area contributed by atoms with E-state index in [0.29, 0.717) is 13.0 Å². The molecule has 0 aromatic carbocycles. The molecule has 1 heterocycles. The molecule has 0 amide bonds. The zero-order chi connectivity index (χ0) is 8.06. The number of hydrogen-bond acceptors (Lipinski definition) is 2. The first-order chi connectivity index (χ1) is 5.11. The highest BCUT2D eigenvalue weighted by Crippen LogP contribution is 2.47. The Balaban J connectivity index is 2.16. The highest BCUT2D eigenvalue weighted by atomic mass is 16.5. The van der Waals surface area contributed by atoms with Gasteiger partial charge in [0.2, 0.25) is 0 Å². The molecular weight excluding hydrogens is 144 g/mol. The standard InChI is InChI=1S/C8H12O3/c1-8-2-5(4-11-8)6(3-8)7(9)10/h5-6H,2-4H2,1H3,(H,9,10). The number of hydrogen-bond donors (Lipinski definition) is 1. The molecule has 0 aromatic rings. The van der Waals surface area contributed by atoms with Crippen LogP contribution in [0.2, 0.25) is 0 Å². The number of carboxylic acids is 1. The van der Waals surface area contributed by atoms with E-state index in [0.717, 1.165) is 6.42 Å². The van der Waals surface area contributed by atoms with Crippen molar-refractivity contribution in [3.8, 4) is 0 Å². The van der Waals surface area contributed by atoms with E-state index < -0.39 is 5.97 Å². The quantitative estimate of drug-likeness (QED) is 0.613. The maximum Gasteiger partial charge on any atom is 0.306 e. The number of rotatable bonds is 1. The molecule has 0 spiro atoms. The lowest BCUT2D eigenvalue weighted by atomic mass is 9.96. The maximum absolute atomic E-state index is 10.7. The van der Waals surface area contributed by atoms with Crippen LogP contribution in [0.4, 0.5) is 0 Å². The van der Waals surface area contributed by atoms with E-state index in [-0.39, 0.29) is 17.4 Å². The molecular formula is C8H12O3. The Morgan fingerprint density at radius 2 is 2.36 bits per heavy atom. The molecule has 1 aliphatic carbocycles. The number of ether oxygens (including phenoxy) is 1. The van der Waals surface area contributed by atoms with E-state index in [1.165, 1.54) is 0 Å². The third-order valence-corrected chi connectivity index (χ3v) is 2.88. The SMILES string of the molecule is CC12CC(CO1)C(C(=O)O)C2. The molecule has 3 nitrogen and oxygen atoms in total. The summed E-state index contributed by atoms with van der Waals surface area (Å²) in [4.78, 5) is 10.7. The molecule has 2 aliphatic rings. The number of carbonyl (C=O) groups is 1. The van der Waals surface area contributed by atoms with Gasteiger partial charge in [-0.05, 0) is 25.7 Å². The summed E-state index contributed by atoms with van der Waals surface area (Å²) in [6.07, 6.45) is 1.64. The second-order valence-corrected chi connectivity index (χ2v) is 3.87. The normalized spacial score (nSPS) is 48.1. The van der Waals surface area contributed by atoms with Crippen LogP contribution in [-0.4, -0.2) is 23.3 Å². The van der Waals surface area contributed by atoms with Gasteiger partial charge >= 0.3 is 5.97 Å². The Morgan fingerprint density at radius 3 is 2.64 bits per heavy atom. The van der Waals surface area contributed by atoms with Crippen molar-refractivity contribution in [2.24, 2.45) is 11.8 Å². The topological polar surface area (TPSA) is 46.5 Å². The lowest BCUT2D eigenvalue weighted by Gasteiger charge is -2.24. The van der Waals surface area contributed by atoms with E-state index in [1.54, 1.807) is 0 Å². The monoisotopic (exact) mass is 156 g/mol. The molecule has 1 saturated heterocycles. The molecule has 1 N–H and O–H groups in total. The van der Waals surface area contributed by atoms with Crippen LogP contribution >= 0.6 is 0 Å². The summed E-state index contributed by atoms with van der Waals surface area (Å²) >= 11 is 0. The second kappa shape index (κ2) is 1.97. The van der Waals surface area contributed by atoms with Gasteiger partial charge in [-0.1, -0.05) is 0 Å². The predicted molar refractivity (Wildman–Crippen MR) is 38.2 cm³/mol. The van der Waals surface area contributed by atoms with Crippen molar-refractivity contribution >= 4 is 5.97 Å². The first-order valence-electron chi connectivity index (χ1n) is 3.97. The average Bonchev–Trinajstić information content (AvgIpc) is 2.41. The second-order valence-electron chi connectivity index (χ2n) is 3.87. The molecule has 62 valence electrons. The molecule has 3 heteroatoms. The largest absolute Gasteiger partial charge is 0.481 e. The smallest absolute Gasteiger partial charge is 0.306 e. The zero-order valence-corrected chi connectivity index (χ0v) is 6.54. The molecule has 0 aromatic heterocycles. The van der Waals surface area contributed by atoms with E-state index in [1.807, 2.05) is 6.92 Å². The van der Waals surface area contributed by atoms with Crippen LogP contribution in [0.15, 0.2) is 0 Å². The van der Waals surface area contributed by atoms with Crippen molar-refractivity contribution in [3.63, 3.8) is 0 Å². The third-order valence-electron chi connectivity index (χ3n) is 2.88. The van der Waals surface area contributed by atoms with Gasteiger partial charge in [0.1, 0.15) is 0 Å². The van der Waals surface area contributed by atoms with E-state index in [2.05, 4.69) is 0 Å². The first-order valence-corrected chi connectivity index (χ1v) is 3.97. The Hall–Kier alpha value is -0.570. The van der Waals surface area contributed by atoms with E-state index >= 15 is 0 Å². The van der Waals surface area contributed by atoms with Gasteiger partial charge in [-0.25, -0.2) is 0 Å². The summed E-state index contributed by atoms with van der Waals surface area (Å²) in [6, 6.07) is 0. The fourth-order valence-electron chi connectivity index (χ4n) is 2.30. The molecule has 11 heavy (non-hydrogen) atoms. The lowest BCUT2D eigenvalue weighted by molar-refractivity contribution is -0.147. The summed E-state index contributed by atoms with van der Waals surface area (Å²) in [7, 11) is 0. The van der Waals surface area contributed by atoms with Crippen molar-refractivity contribution in [1.29, 1.82) is 0 Å². The minimum absolute atomic E-state index is 0.117. The fraction of sp³-hybridized carbons (Fsp3) is 0.875. The van der Waals surface area contributed by atoms with Crippen LogP contribution in [0.1, 0.15) is 19.8 Å². The molecule has 3 unspecified atom stereocenters. The summed E-state index contributed by atoms with van der Waals surface area (Å²) in [5.74, 6) is -0.520. The van der Waals surface area contributed by atoms with Crippen molar-refractivity contribution in [3.05, 3.63) is 0 Å². The first kappa shape index (κ1) is 7.10. The van der Waals surface area contributed by atoms with Crippen molar-refractivity contribution in [1.82, 2.24) is 0 Å². The van der Waals surface area contributed by atoms with Gasteiger partial charge in [0.15, 0.2) is 0 Å². The van der Waals surface area contributed by atoms with Gasteiger partial charge in [0, 0.05) is 0 Å². The third kappa shape index (κ3) is 0.948.